The topological polar surface area (TPSA) is 233 Å². The van der Waals surface area contributed by atoms with Crippen LogP contribution in [0.4, 0.5) is 0 Å². The minimum atomic E-state index is -4.69. The van der Waals surface area contributed by atoms with E-state index in [0.717, 1.165) is 0 Å². The molecule has 0 unspecified atom stereocenters. The number of guanidine groups is 1. The Morgan fingerprint density at radius 2 is 1.64 bits per heavy atom. The van der Waals surface area contributed by atoms with Gasteiger partial charge >= 0.3 is 15.2 Å². The summed E-state index contributed by atoms with van der Waals surface area (Å²) in [5.41, 5.74) is 12.0. The molecule has 0 fully saturated rings. The lowest BCUT2D eigenvalue weighted by molar-refractivity contribution is -0.123. The largest absolute Gasteiger partial charge is 0.368 e. The highest BCUT2D eigenvalue weighted by Crippen LogP contribution is 2.41. The molecular formula is C7H19N5O8P2. The van der Waals surface area contributed by atoms with Gasteiger partial charge < -0.3 is 31.0 Å². The first kappa shape index (κ1) is 21.0. The van der Waals surface area contributed by atoms with Gasteiger partial charge in [0, 0.05) is 0 Å². The summed E-state index contributed by atoms with van der Waals surface area (Å²) < 4.78 is 22.1. The van der Waals surface area contributed by atoms with Crippen LogP contribution in [-0.2, 0) is 18.8 Å². The minimum Gasteiger partial charge on any atom is -0.368 e. The summed E-state index contributed by atoms with van der Waals surface area (Å²) >= 11 is 0. The van der Waals surface area contributed by atoms with Crippen molar-refractivity contribution in [2.24, 2.45) is 11.5 Å². The smallest absolute Gasteiger partial charge is 0.339 e. The van der Waals surface area contributed by atoms with Crippen LogP contribution in [-0.4, -0.2) is 61.6 Å². The van der Waals surface area contributed by atoms with Crippen molar-refractivity contribution in [2.75, 3.05) is 19.2 Å². The summed E-state index contributed by atoms with van der Waals surface area (Å²) in [6.45, 7) is -0.258. The van der Waals surface area contributed by atoms with Crippen molar-refractivity contribution in [1.29, 1.82) is 5.41 Å². The molecule has 0 saturated heterocycles. The third-order valence-corrected chi connectivity index (χ3v) is 3.64. The summed E-state index contributed by atoms with van der Waals surface area (Å²) in [7, 11) is -9.38. The van der Waals surface area contributed by atoms with Crippen LogP contribution in [0.2, 0.25) is 0 Å². The van der Waals surface area contributed by atoms with E-state index in [1.807, 2.05) is 5.48 Å². The predicted octanol–water partition coefficient (Wildman–Crippen LogP) is -2.78. The normalized spacial score (nSPS) is 13.9. The first-order valence-corrected chi connectivity index (χ1v) is 9.25. The molecule has 0 aliphatic heterocycles. The molecule has 0 bridgehead atoms. The molecule has 0 rings (SSSR count). The summed E-state index contributed by atoms with van der Waals surface area (Å²) in [5, 5.41) is 6.82. The van der Waals surface area contributed by atoms with E-state index >= 15 is 0 Å². The standard InChI is InChI=1S/C7H19N5O8P2/c8-6(13)5(1-2-20-11-7(9)10)12(3-21(14,15)16)4-22(17,18)19/h5H,1-4H2,(H2,8,13)(H4,9,10,11)(H2,14,15,16)(H2,17,18,19)/t5-/m0/s1. The zero-order valence-corrected chi connectivity index (χ0v) is 13.1. The Morgan fingerprint density at radius 1 is 1.18 bits per heavy atom. The van der Waals surface area contributed by atoms with Crippen molar-refractivity contribution >= 4 is 27.1 Å². The van der Waals surface area contributed by atoms with Crippen molar-refractivity contribution in [2.45, 2.75) is 12.5 Å². The van der Waals surface area contributed by atoms with Crippen LogP contribution < -0.4 is 16.9 Å². The van der Waals surface area contributed by atoms with Crippen LogP contribution >= 0.6 is 15.2 Å². The number of rotatable bonds is 10. The maximum atomic E-state index is 11.4. The Morgan fingerprint density at radius 3 is 1.95 bits per heavy atom. The highest BCUT2D eigenvalue weighted by Gasteiger charge is 2.33. The number of nitrogens with two attached hydrogens (primary N) is 2. The van der Waals surface area contributed by atoms with Gasteiger partial charge in [-0.1, -0.05) is 0 Å². The Hall–Kier alpha value is -1.04. The molecule has 0 aliphatic rings. The fourth-order valence-electron chi connectivity index (χ4n) is 1.52. The molecule has 0 aliphatic carbocycles. The number of carbonyl (C=O) groups excluding carboxylic acids is 1. The van der Waals surface area contributed by atoms with Crippen LogP contribution in [0.1, 0.15) is 6.42 Å². The number of hydroxylamine groups is 1. The van der Waals surface area contributed by atoms with Gasteiger partial charge in [0.05, 0.1) is 12.6 Å². The first-order valence-electron chi connectivity index (χ1n) is 5.66. The van der Waals surface area contributed by atoms with Gasteiger partial charge in [-0.3, -0.25) is 29.1 Å². The third kappa shape index (κ3) is 10.7. The van der Waals surface area contributed by atoms with Crippen molar-refractivity contribution in [3.63, 3.8) is 0 Å². The second-order valence-corrected chi connectivity index (χ2v) is 7.50. The predicted molar refractivity (Wildman–Crippen MR) is 74.3 cm³/mol. The van der Waals surface area contributed by atoms with Crippen LogP contribution in [0.25, 0.3) is 0 Å². The quantitative estimate of drug-likeness (QED) is 0.0649. The number of amides is 1. The van der Waals surface area contributed by atoms with Crippen molar-refractivity contribution < 1.29 is 38.3 Å². The molecular weight excluding hydrogens is 344 g/mol. The van der Waals surface area contributed by atoms with E-state index < -0.39 is 45.7 Å². The maximum absolute atomic E-state index is 11.4. The molecule has 1 amide bonds. The Labute approximate surface area is 125 Å². The van der Waals surface area contributed by atoms with Crippen molar-refractivity contribution in [3.8, 4) is 0 Å². The molecule has 0 aromatic heterocycles. The molecule has 0 radical (unpaired) electrons. The highest BCUT2D eigenvalue weighted by molar-refractivity contribution is 7.52. The maximum Gasteiger partial charge on any atom is 0.339 e. The van der Waals surface area contributed by atoms with Crippen LogP contribution in [0.5, 0.6) is 0 Å². The van der Waals surface area contributed by atoms with Crippen molar-refractivity contribution in [1.82, 2.24) is 10.4 Å². The van der Waals surface area contributed by atoms with Gasteiger partial charge in [-0.05, 0) is 6.42 Å². The van der Waals surface area contributed by atoms with Gasteiger partial charge in [-0.2, -0.15) is 0 Å². The van der Waals surface area contributed by atoms with Gasteiger partial charge in [-0.25, -0.2) is 5.48 Å². The van der Waals surface area contributed by atoms with Gasteiger partial charge in [0.25, 0.3) is 0 Å². The lowest BCUT2D eigenvalue weighted by atomic mass is 10.2. The van der Waals surface area contributed by atoms with Gasteiger partial charge in [0.15, 0.2) is 0 Å². The fourth-order valence-corrected chi connectivity index (χ4v) is 3.22. The molecule has 0 spiro atoms. The lowest BCUT2D eigenvalue weighted by Gasteiger charge is -2.29. The minimum absolute atomic E-state index is 0.240. The zero-order chi connectivity index (χ0) is 17.6. The number of hydrogen-bond acceptors (Lipinski definition) is 6. The van der Waals surface area contributed by atoms with E-state index in [-0.39, 0.29) is 13.0 Å². The SMILES string of the molecule is N=C(N)NOCC[C@@H](C(N)=O)N(CP(=O)(O)O)CP(=O)(O)O. The molecule has 22 heavy (non-hydrogen) atoms. The summed E-state index contributed by atoms with van der Waals surface area (Å²) in [6, 6.07) is -1.39. The Bertz CT molecular complexity index is 465. The van der Waals surface area contributed by atoms with E-state index in [0.29, 0.717) is 4.90 Å². The van der Waals surface area contributed by atoms with Crippen LogP contribution in [0.3, 0.4) is 0 Å². The number of primary amides is 1. The van der Waals surface area contributed by atoms with Crippen LogP contribution in [0, 0.1) is 5.41 Å². The summed E-state index contributed by atoms with van der Waals surface area (Å²) in [6.07, 6.45) is -2.37. The molecule has 10 N–H and O–H groups in total. The van der Waals surface area contributed by atoms with E-state index in [1.54, 1.807) is 0 Å². The van der Waals surface area contributed by atoms with Gasteiger partial charge in [-0.15, -0.1) is 0 Å². The van der Waals surface area contributed by atoms with Gasteiger partial charge in [0.2, 0.25) is 11.9 Å². The molecule has 13 nitrogen and oxygen atoms in total. The molecule has 15 heteroatoms. The van der Waals surface area contributed by atoms with Gasteiger partial charge in [0.1, 0.15) is 12.6 Å². The second-order valence-electron chi connectivity index (χ2n) is 4.27. The molecule has 1 atom stereocenters. The average Bonchev–Trinajstić information content (AvgIpc) is 2.22. The lowest BCUT2D eigenvalue weighted by Crippen LogP contribution is -2.46. The molecule has 0 heterocycles. The number of nitrogens with zero attached hydrogens (tertiary/aromatic N) is 1. The van der Waals surface area contributed by atoms with E-state index in [1.165, 1.54) is 0 Å². The van der Waals surface area contributed by atoms with E-state index in [4.69, 9.17) is 36.5 Å². The molecule has 0 aromatic rings. The van der Waals surface area contributed by atoms with Crippen LogP contribution in [0.15, 0.2) is 0 Å². The molecule has 0 saturated carbocycles. The fraction of sp³-hybridized carbons (Fsp3) is 0.714. The number of carbonyl (C=O) groups is 1. The summed E-state index contributed by atoms with van der Waals surface area (Å²) in [4.78, 5) is 52.4. The third-order valence-electron chi connectivity index (χ3n) is 2.18. The van der Waals surface area contributed by atoms with E-state index in [2.05, 4.69) is 4.84 Å². The Balaban J connectivity index is 4.97. The second kappa shape index (κ2) is 8.56. The van der Waals surface area contributed by atoms with Crippen molar-refractivity contribution in [3.05, 3.63) is 0 Å². The highest BCUT2D eigenvalue weighted by atomic mass is 31.2. The number of hydrogen-bond donors (Lipinski definition) is 8. The molecule has 130 valence electrons. The zero-order valence-electron chi connectivity index (χ0n) is 11.3. The Kier molecular flexibility index (Phi) is 8.15. The molecule has 0 aromatic carbocycles. The monoisotopic (exact) mass is 363 g/mol. The number of nitrogens with one attached hydrogen (secondary N) is 2. The van der Waals surface area contributed by atoms with E-state index in [9.17, 15) is 13.9 Å². The summed E-state index contributed by atoms with van der Waals surface area (Å²) in [5.74, 6) is -1.56. The first-order chi connectivity index (χ1) is 9.82. The average molecular weight is 363 g/mol.